The molecule has 22 heavy (non-hydrogen) atoms. The summed E-state index contributed by atoms with van der Waals surface area (Å²) in [5.41, 5.74) is 6.19. The molecule has 1 aromatic heterocycles. The molecule has 6 heteroatoms. The number of hydrogen-bond donors (Lipinski definition) is 2. The van der Waals surface area contributed by atoms with E-state index in [-0.39, 0.29) is 12.5 Å². The lowest BCUT2D eigenvalue weighted by molar-refractivity contribution is -0.117. The van der Waals surface area contributed by atoms with Crippen molar-refractivity contribution in [1.29, 1.82) is 0 Å². The predicted molar refractivity (Wildman–Crippen MR) is 83.4 cm³/mol. The lowest BCUT2D eigenvalue weighted by Crippen LogP contribution is -2.29. The maximum atomic E-state index is 12.0. The first-order valence-corrected chi connectivity index (χ1v) is 6.87. The van der Waals surface area contributed by atoms with Crippen LogP contribution in [0.2, 0.25) is 0 Å². The summed E-state index contributed by atoms with van der Waals surface area (Å²) in [6.07, 6.45) is 0. The van der Waals surface area contributed by atoms with E-state index in [9.17, 15) is 9.59 Å². The summed E-state index contributed by atoms with van der Waals surface area (Å²) in [7, 11) is 1.84. The molecule has 1 aromatic carbocycles. The number of benzene rings is 1. The number of rotatable bonds is 6. The van der Waals surface area contributed by atoms with Gasteiger partial charge >= 0.3 is 0 Å². The van der Waals surface area contributed by atoms with Crippen LogP contribution in [0.4, 0.5) is 5.69 Å². The van der Waals surface area contributed by atoms with E-state index in [0.29, 0.717) is 17.8 Å². The number of hydrogen-bond acceptors (Lipinski definition) is 4. The first-order chi connectivity index (χ1) is 10.4. The zero-order chi connectivity index (χ0) is 16.1. The van der Waals surface area contributed by atoms with Gasteiger partial charge in [0.15, 0.2) is 0 Å². The van der Waals surface area contributed by atoms with Gasteiger partial charge in [-0.15, -0.1) is 0 Å². The fraction of sp³-hybridized carbons (Fsp3) is 0.250. The lowest BCUT2D eigenvalue weighted by atomic mass is 10.2. The second-order valence-corrected chi connectivity index (χ2v) is 5.17. The largest absolute Gasteiger partial charge is 0.465 e. The Morgan fingerprint density at radius 1 is 1.18 bits per heavy atom. The van der Waals surface area contributed by atoms with Crippen molar-refractivity contribution in [1.82, 2.24) is 4.90 Å². The van der Waals surface area contributed by atoms with E-state index in [1.165, 1.54) is 0 Å². The summed E-state index contributed by atoms with van der Waals surface area (Å²) in [6, 6.07) is 10.2. The van der Waals surface area contributed by atoms with E-state index in [2.05, 4.69) is 5.32 Å². The van der Waals surface area contributed by atoms with Crippen molar-refractivity contribution in [3.8, 4) is 0 Å². The average molecular weight is 301 g/mol. The van der Waals surface area contributed by atoms with Crippen molar-refractivity contribution < 1.29 is 14.0 Å². The summed E-state index contributed by atoms with van der Waals surface area (Å²) in [5.74, 6) is 1.03. The molecule has 2 rings (SSSR count). The molecule has 116 valence electrons. The van der Waals surface area contributed by atoms with Crippen LogP contribution in [-0.4, -0.2) is 30.3 Å². The highest BCUT2D eigenvalue weighted by Gasteiger charge is 2.09. The van der Waals surface area contributed by atoms with Crippen molar-refractivity contribution in [3.05, 3.63) is 53.5 Å². The second kappa shape index (κ2) is 6.91. The van der Waals surface area contributed by atoms with Gasteiger partial charge in [-0.2, -0.15) is 0 Å². The number of primary amides is 1. The summed E-state index contributed by atoms with van der Waals surface area (Å²) in [4.78, 5) is 24.8. The van der Waals surface area contributed by atoms with Crippen LogP contribution in [-0.2, 0) is 11.3 Å². The zero-order valence-electron chi connectivity index (χ0n) is 12.6. The van der Waals surface area contributed by atoms with E-state index in [1.54, 1.807) is 24.3 Å². The van der Waals surface area contributed by atoms with Crippen LogP contribution in [0.1, 0.15) is 21.9 Å². The molecule has 0 saturated carbocycles. The normalized spacial score (nSPS) is 10.7. The molecule has 0 spiro atoms. The van der Waals surface area contributed by atoms with Gasteiger partial charge in [0, 0.05) is 11.3 Å². The number of carbonyl (C=O) groups is 2. The third-order valence-corrected chi connectivity index (χ3v) is 3.09. The summed E-state index contributed by atoms with van der Waals surface area (Å²) >= 11 is 0. The van der Waals surface area contributed by atoms with Gasteiger partial charge in [0.2, 0.25) is 11.8 Å². The second-order valence-electron chi connectivity index (χ2n) is 5.17. The molecule has 0 bridgehead atoms. The van der Waals surface area contributed by atoms with Crippen molar-refractivity contribution in [2.24, 2.45) is 5.73 Å². The fourth-order valence-corrected chi connectivity index (χ4v) is 2.06. The Morgan fingerprint density at radius 3 is 2.41 bits per heavy atom. The molecule has 3 N–H and O–H groups in total. The standard InChI is InChI=1S/C16H19N3O3/c1-11-3-8-14(22-11)9-19(2)10-15(20)18-13-6-4-12(5-7-13)16(17)21/h3-8H,9-10H2,1-2H3,(H2,17,21)(H,18,20). The van der Waals surface area contributed by atoms with Gasteiger partial charge in [0.05, 0.1) is 13.1 Å². The van der Waals surface area contributed by atoms with E-state index >= 15 is 0 Å². The molecule has 0 aliphatic heterocycles. The molecule has 0 aliphatic carbocycles. The molecular formula is C16H19N3O3. The smallest absolute Gasteiger partial charge is 0.248 e. The van der Waals surface area contributed by atoms with Crippen molar-refractivity contribution in [3.63, 3.8) is 0 Å². The zero-order valence-corrected chi connectivity index (χ0v) is 12.6. The minimum absolute atomic E-state index is 0.141. The monoisotopic (exact) mass is 301 g/mol. The number of nitrogens with two attached hydrogens (primary N) is 1. The van der Waals surface area contributed by atoms with Gasteiger partial charge in [0.25, 0.3) is 0 Å². The van der Waals surface area contributed by atoms with Crippen LogP contribution in [0, 0.1) is 6.92 Å². The highest BCUT2D eigenvalue weighted by molar-refractivity contribution is 5.95. The highest BCUT2D eigenvalue weighted by atomic mass is 16.3. The first kappa shape index (κ1) is 15.8. The van der Waals surface area contributed by atoms with Gasteiger partial charge in [0.1, 0.15) is 11.5 Å². The van der Waals surface area contributed by atoms with Crippen molar-refractivity contribution in [2.75, 3.05) is 18.9 Å². The molecule has 6 nitrogen and oxygen atoms in total. The number of aryl methyl sites for hydroxylation is 1. The third-order valence-electron chi connectivity index (χ3n) is 3.09. The molecule has 1 heterocycles. The van der Waals surface area contributed by atoms with Crippen molar-refractivity contribution in [2.45, 2.75) is 13.5 Å². The highest BCUT2D eigenvalue weighted by Crippen LogP contribution is 2.10. The minimum atomic E-state index is -0.494. The van der Waals surface area contributed by atoms with Crippen LogP contribution < -0.4 is 11.1 Å². The predicted octanol–water partition coefficient (Wildman–Crippen LogP) is 1.76. The molecule has 0 unspecified atom stereocenters. The quantitative estimate of drug-likeness (QED) is 0.851. The molecule has 0 atom stereocenters. The van der Waals surface area contributed by atoms with Crippen LogP contribution in [0.3, 0.4) is 0 Å². The summed E-state index contributed by atoms with van der Waals surface area (Å²) in [6.45, 7) is 2.67. The Labute approximate surface area is 128 Å². The lowest BCUT2D eigenvalue weighted by Gasteiger charge is -2.14. The summed E-state index contributed by atoms with van der Waals surface area (Å²) in [5, 5.41) is 2.77. The number of nitrogens with one attached hydrogen (secondary N) is 1. The van der Waals surface area contributed by atoms with Crippen molar-refractivity contribution >= 4 is 17.5 Å². The van der Waals surface area contributed by atoms with Crippen LogP contribution in [0.15, 0.2) is 40.8 Å². The third kappa shape index (κ3) is 4.46. The Hall–Kier alpha value is -2.60. The Balaban J connectivity index is 1.85. The maximum absolute atomic E-state index is 12.0. The minimum Gasteiger partial charge on any atom is -0.465 e. The van der Waals surface area contributed by atoms with Gasteiger partial charge in [-0.25, -0.2) is 0 Å². The van der Waals surface area contributed by atoms with Gasteiger partial charge in [-0.1, -0.05) is 0 Å². The maximum Gasteiger partial charge on any atom is 0.248 e. The van der Waals surface area contributed by atoms with Crippen LogP contribution in [0.5, 0.6) is 0 Å². The van der Waals surface area contributed by atoms with E-state index in [0.717, 1.165) is 11.5 Å². The number of carbonyl (C=O) groups excluding carboxylic acids is 2. The fourth-order valence-electron chi connectivity index (χ4n) is 2.06. The average Bonchev–Trinajstić information content (AvgIpc) is 2.84. The molecular weight excluding hydrogens is 282 g/mol. The number of furan rings is 1. The SMILES string of the molecule is Cc1ccc(CN(C)CC(=O)Nc2ccc(C(N)=O)cc2)o1. The number of likely N-dealkylation sites (N-methyl/N-ethyl adjacent to an activating group) is 1. The topological polar surface area (TPSA) is 88.6 Å². The Kier molecular flexibility index (Phi) is 4.95. The van der Waals surface area contributed by atoms with Crippen LogP contribution >= 0.6 is 0 Å². The Morgan fingerprint density at radius 2 is 1.86 bits per heavy atom. The van der Waals surface area contributed by atoms with E-state index in [1.807, 2.05) is 31.0 Å². The van der Waals surface area contributed by atoms with Gasteiger partial charge < -0.3 is 15.5 Å². The molecule has 2 aromatic rings. The molecule has 2 amide bonds. The van der Waals surface area contributed by atoms with Crippen LogP contribution in [0.25, 0.3) is 0 Å². The molecule has 0 fully saturated rings. The van der Waals surface area contributed by atoms with E-state index in [4.69, 9.17) is 10.2 Å². The first-order valence-electron chi connectivity index (χ1n) is 6.87. The van der Waals surface area contributed by atoms with E-state index < -0.39 is 5.91 Å². The molecule has 0 radical (unpaired) electrons. The van der Waals surface area contributed by atoms with Gasteiger partial charge in [-0.3, -0.25) is 14.5 Å². The number of nitrogens with zero attached hydrogens (tertiary/aromatic N) is 1. The van der Waals surface area contributed by atoms with Gasteiger partial charge in [-0.05, 0) is 50.4 Å². The number of amides is 2. The molecule has 0 aliphatic rings. The number of anilines is 1. The molecule has 0 saturated heterocycles. The summed E-state index contributed by atoms with van der Waals surface area (Å²) < 4.78 is 5.47. The Bertz CT molecular complexity index is 662.